The highest BCUT2D eigenvalue weighted by atomic mass is 16.5. The molecule has 2 heterocycles. The summed E-state index contributed by atoms with van der Waals surface area (Å²) in [6, 6.07) is 1.53. The van der Waals surface area contributed by atoms with Gasteiger partial charge in [-0.05, 0) is 6.07 Å². The van der Waals surface area contributed by atoms with E-state index >= 15 is 0 Å². The van der Waals surface area contributed by atoms with Crippen LogP contribution in [0, 0.1) is 0 Å². The highest BCUT2D eigenvalue weighted by molar-refractivity contribution is 6.00. The standard InChI is InChI=1S/C13H14N2O5/c1-15-11(17)7-20-10-5-8(6-14-13(10)15)9(16)3-4-12(18)19-2/h5-6H,3-4,7H2,1-2H3. The number of methoxy groups -OCH3 is 1. The predicted octanol–water partition coefficient (Wildman–Crippen LogP) is 0.573. The number of carbonyl (C=O) groups is 3. The third kappa shape index (κ3) is 2.76. The van der Waals surface area contributed by atoms with Crippen LogP contribution >= 0.6 is 0 Å². The second kappa shape index (κ2) is 5.68. The third-order valence-electron chi connectivity index (χ3n) is 2.98. The molecule has 1 aromatic heterocycles. The lowest BCUT2D eigenvalue weighted by molar-refractivity contribution is -0.140. The van der Waals surface area contributed by atoms with Crippen LogP contribution in [0.3, 0.4) is 0 Å². The molecule has 1 amide bonds. The van der Waals surface area contributed by atoms with E-state index in [1.807, 2.05) is 0 Å². The average molecular weight is 278 g/mol. The molecule has 0 fully saturated rings. The molecule has 0 spiro atoms. The lowest BCUT2D eigenvalue weighted by atomic mass is 10.1. The molecule has 1 aliphatic heterocycles. The molecular formula is C13H14N2O5. The number of anilines is 1. The molecule has 20 heavy (non-hydrogen) atoms. The number of hydrogen-bond acceptors (Lipinski definition) is 6. The van der Waals surface area contributed by atoms with Gasteiger partial charge in [0.1, 0.15) is 0 Å². The number of ketones is 1. The van der Waals surface area contributed by atoms with Gasteiger partial charge in [0.25, 0.3) is 5.91 Å². The normalized spacial score (nSPS) is 13.5. The average Bonchev–Trinajstić information content (AvgIpc) is 2.47. The maximum atomic E-state index is 11.9. The fourth-order valence-corrected chi connectivity index (χ4v) is 1.76. The van der Waals surface area contributed by atoms with Gasteiger partial charge in [-0.2, -0.15) is 0 Å². The molecule has 1 aromatic rings. The minimum absolute atomic E-state index is 0.0195. The molecule has 0 unspecified atom stereocenters. The van der Waals surface area contributed by atoms with Gasteiger partial charge in [-0.1, -0.05) is 0 Å². The molecule has 0 bridgehead atoms. The largest absolute Gasteiger partial charge is 0.480 e. The first-order valence-corrected chi connectivity index (χ1v) is 6.02. The Labute approximate surface area is 115 Å². The van der Waals surface area contributed by atoms with Crippen molar-refractivity contribution < 1.29 is 23.9 Å². The monoisotopic (exact) mass is 278 g/mol. The molecule has 7 heteroatoms. The van der Waals surface area contributed by atoms with Gasteiger partial charge in [-0.25, -0.2) is 4.98 Å². The lowest BCUT2D eigenvalue weighted by Gasteiger charge is -2.24. The maximum absolute atomic E-state index is 11.9. The quantitative estimate of drug-likeness (QED) is 0.591. The van der Waals surface area contributed by atoms with Crippen LogP contribution < -0.4 is 9.64 Å². The number of ether oxygens (including phenoxy) is 2. The van der Waals surface area contributed by atoms with Crippen molar-refractivity contribution >= 4 is 23.5 Å². The number of hydrogen-bond donors (Lipinski definition) is 0. The first-order valence-electron chi connectivity index (χ1n) is 6.02. The number of nitrogens with zero attached hydrogens (tertiary/aromatic N) is 2. The van der Waals surface area contributed by atoms with Crippen molar-refractivity contribution in [2.75, 3.05) is 25.7 Å². The lowest BCUT2D eigenvalue weighted by Crippen LogP contribution is -2.36. The number of aromatic nitrogens is 1. The number of Topliss-reactive ketones (excluding diaryl/α,β-unsaturated/α-hetero) is 1. The van der Waals surface area contributed by atoms with Crippen LogP contribution in [0.1, 0.15) is 23.2 Å². The topological polar surface area (TPSA) is 85.8 Å². The summed E-state index contributed by atoms with van der Waals surface area (Å²) in [6.07, 6.45) is 1.43. The summed E-state index contributed by atoms with van der Waals surface area (Å²) in [6.45, 7) is -0.0784. The zero-order chi connectivity index (χ0) is 14.7. The fourth-order valence-electron chi connectivity index (χ4n) is 1.76. The van der Waals surface area contributed by atoms with E-state index in [0.717, 1.165) is 0 Å². The number of rotatable bonds is 4. The summed E-state index contributed by atoms with van der Waals surface area (Å²) < 4.78 is 9.72. The Bertz CT molecular complexity index is 570. The number of carbonyl (C=O) groups excluding carboxylic acids is 3. The van der Waals surface area contributed by atoms with Gasteiger partial charge in [0.05, 0.1) is 13.5 Å². The van der Waals surface area contributed by atoms with Gasteiger partial charge in [0.2, 0.25) is 0 Å². The van der Waals surface area contributed by atoms with E-state index in [4.69, 9.17) is 4.74 Å². The Hall–Kier alpha value is -2.44. The van der Waals surface area contributed by atoms with E-state index in [1.54, 1.807) is 7.05 Å². The Balaban J connectivity index is 2.13. The maximum Gasteiger partial charge on any atom is 0.305 e. The van der Waals surface area contributed by atoms with E-state index in [-0.39, 0.29) is 31.1 Å². The van der Waals surface area contributed by atoms with Crippen molar-refractivity contribution in [2.24, 2.45) is 0 Å². The van der Waals surface area contributed by atoms with Crippen LogP contribution in [0.5, 0.6) is 5.75 Å². The van der Waals surface area contributed by atoms with Crippen molar-refractivity contribution in [2.45, 2.75) is 12.8 Å². The molecule has 106 valence electrons. The number of pyridine rings is 1. The SMILES string of the molecule is COC(=O)CCC(=O)c1cnc2c(c1)OCC(=O)N2C. The Morgan fingerprint density at radius 2 is 2.20 bits per heavy atom. The van der Waals surface area contributed by atoms with Crippen molar-refractivity contribution in [3.8, 4) is 5.75 Å². The third-order valence-corrected chi connectivity index (χ3v) is 2.98. The zero-order valence-electron chi connectivity index (χ0n) is 11.2. The van der Waals surface area contributed by atoms with Crippen LogP contribution in [0.4, 0.5) is 5.82 Å². The van der Waals surface area contributed by atoms with Crippen molar-refractivity contribution in [1.82, 2.24) is 4.98 Å². The minimum atomic E-state index is -0.439. The molecule has 7 nitrogen and oxygen atoms in total. The molecule has 0 N–H and O–H groups in total. The second-order valence-corrected chi connectivity index (χ2v) is 4.29. The summed E-state index contributed by atoms with van der Waals surface area (Å²) in [5.74, 6) is -0.101. The van der Waals surface area contributed by atoms with E-state index in [0.29, 0.717) is 17.1 Å². The minimum Gasteiger partial charge on any atom is -0.480 e. The Morgan fingerprint density at radius 3 is 2.90 bits per heavy atom. The number of esters is 1. The summed E-state index contributed by atoms with van der Waals surface area (Å²) in [5.41, 5.74) is 0.343. The summed E-state index contributed by atoms with van der Waals surface area (Å²) >= 11 is 0. The highest BCUT2D eigenvalue weighted by Gasteiger charge is 2.24. The van der Waals surface area contributed by atoms with Gasteiger partial charge in [0, 0.05) is 25.2 Å². The second-order valence-electron chi connectivity index (χ2n) is 4.29. The summed E-state index contributed by atoms with van der Waals surface area (Å²) in [5, 5.41) is 0. The van der Waals surface area contributed by atoms with Crippen molar-refractivity contribution in [3.05, 3.63) is 17.8 Å². The van der Waals surface area contributed by atoms with Gasteiger partial charge < -0.3 is 9.47 Å². The fraction of sp³-hybridized carbons (Fsp3) is 0.385. The van der Waals surface area contributed by atoms with Crippen LogP contribution in [-0.2, 0) is 14.3 Å². The van der Waals surface area contributed by atoms with E-state index < -0.39 is 5.97 Å². The molecular weight excluding hydrogens is 264 g/mol. The van der Waals surface area contributed by atoms with E-state index in [1.165, 1.54) is 24.3 Å². The van der Waals surface area contributed by atoms with Crippen LogP contribution in [-0.4, -0.2) is 43.4 Å². The van der Waals surface area contributed by atoms with E-state index in [9.17, 15) is 14.4 Å². The number of amides is 1. The molecule has 1 aliphatic rings. The summed E-state index contributed by atoms with van der Waals surface area (Å²) in [7, 11) is 2.86. The molecule has 0 radical (unpaired) electrons. The highest BCUT2D eigenvalue weighted by Crippen LogP contribution is 2.29. The van der Waals surface area contributed by atoms with Crippen LogP contribution in [0.2, 0.25) is 0 Å². The molecule has 2 rings (SSSR count). The first-order chi connectivity index (χ1) is 9.52. The number of fused-ring (bicyclic) bond motifs is 1. The molecule has 0 saturated heterocycles. The molecule has 0 saturated carbocycles. The Morgan fingerprint density at radius 1 is 1.45 bits per heavy atom. The summed E-state index contributed by atoms with van der Waals surface area (Å²) in [4.78, 5) is 39.8. The zero-order valence-corrected chi connectivity index (χ0v) is 11.2. The van der Waals surface area contributed by atoms with Gasteiger partial charge in [0.15, 0.2) is 24.0 Å². The van der Waals surface area contributed by atoms with E-state index in [2.05, 4.69) is 9.72 Å². The first kappa shape index (κ1) is 14.0. The Kier molecular flexibility index (Phi) is 3.97. The van der Waals surface area contributed by atoms with Gasteiger partial charge in [-0.3, -0.25) is 19.3 Å². The molecule has 0 aromatic carbocycles. The predicted molar refractivity (Wildman–Crippen MR) is 68.7 cm³/mol. The molecule has 0 atom stereocenters. The van der Waals surface area contributed by atoms with Crippen LogP contribution in [0.25, 0.3) is 0 Å². The van der Waals surface area contributed by atoms with Crippen molar-refractivity contribution in [3.63, 3.8) is 0 Å². The van der Waals surface area contributed by atoms with Crippen molar-refractivity contribution in [1.29, 1.82) is 0 Å². The van der Waals surface area contributed by atoms with Gasteiger partial charge in [-0.15, -0.1) is 0 Å². The van der Waals surface area contributed by atoms with Gasteiger partial charge >= 0.3 is 5.97 Å². The molecule has 0 aliphatic carbocycles. The number of likely N-dealkylation sites (N-methyl/N-ethyl adjacent to an activating group) is 1. The van der Waals surface area contributed by atoms with Crippen LogP contribution in [0.15, 0.2) is 12.3 Å². The smallest absolute Gasteiger partial charge is 0.305 e.